The normalized spacial score (nSPS) is 12.7. The highest BCUT2D eigenvalue weighted by Gasteiger charge is 2.20. The molecule has 0 aliphatic carbocycles. The Morgan fingerprint density at radius 3 is 2.83 bits per heavy atom. The van der Waals surface area contributed by atoms with Gasteiger partial charge in [0.2, 0.25) is 0 Å². The number of rotatable bonds is 6. The van der Waals surface area contributed by atoms with Gasteiger partial charge < -0.3 is 9.14 Å². The molecular weight excluding hydrogens is 397 g/mol. The number of hydrogen-bond acceptors (Lipinski definition) is 5. The molecule has 0 aromatic carbocycles. The van der Waals surface area contributed by atoms with Gasteiger partial charge in [-0.05, 0) is 25.5 Å². The number of carbonyl (C=O) groups excluding carboxylic acids is 1. The predicted molar refractivity (Wildman–Crippen MR) is 106 cm³/mol. The number of methoxy groups -OCH3 is 1. The number of aromatic nitrogens is 5. The molecule has 0 saturated carbocycles. The van der Waals surface area contributed by atoms with Crippen molar-refractivity contribution in [1.29, 1.82) is 0 Å². The van der Waals surface area contributed by atoms with Crippen LogP contribution in [-0.4, -0.2) is 36.9 Å². The Bertz CT molecular complexity index is 1230. The van der Waals surface area contributed by atoms with Crippen LogP contribution in [0.15, 0.2) is 30.7 Å². The summed E-state index contributed by atoms with van der Waals surface area (Å²) >= 11 is 6.01. The zero-order valence-corrected chi connectivity index (χ0v) is 16.9. The molecule has 4 rings (SSSR count). The van der Waals surface area contributed by atoms with Gasteiger partial charge in [-0.1, -0.05) is 11.6 Å². The third-order valence-corrected chi connectivity index (χ3v) is 5.09. The molecule has 0 aliphatic rings. The SMILES string of the molecule is CO[C@@H](C)c1c(CC(=O)Cc2cc(F)c3ncc(C)n3c2)cnc2cc(Cl)nn12. The first-order valence-corrected chi connectivity index (χ1v) is 9.44. The number of halogens is 2. The molecule has 0 fully saturated rings. The van der Waals surface area contributed by atoms with Crippen LogP contribution in [0.5, 0.6) is 0 Å². The number of hydrogen-bond donors (Lipinski definition) is 0. The molecule has 0 aliphatic heterocycles. The minimum atomic E-state index is -0.452. The van der Waals surface area contributed by atoms with E-state index in [1.807, 2.05) is 13.8 Å². The van der Waals surface area contributed by atoms with Crippen molar-refractivity contribution in [2.45, 2.75) is 32.8 Å². The number of imidazole rings is 1. The third-order valence-electron chi connectivity index (χ3n) is 4.90. The first kappa shape index (κ1) is 19.5. The molecule has 1 atom stereocenters. The molecule has 4 aromatic rings. The largest absolute Gasteiger partial charge is 0.375 e. The lowest BCUT2D eigenvalue weighted by Crippen LogP contribution is -2.15. The summed E-state index contributed by atoms with van der Waals surface area (Å²) in [5, 5.41) is 4.56. The fourth-order valence-corrected chi connectivity index (χ4v) is 3.63. The van der Waals surface area contributed by atoms with Crippen LogP contribution in [0.1, 0.15) is 35.5 Å². The minimum Gasteiger partial charge on any atom is -0.375 e. The van der Waals surface area contributed by atoms with Crippen molar-refractivity contribution in [3.8, 4) is 0 Å². The number of fused-ring (bicyclic) bond motifs is 2. The van der Waals surface area contributed by atoms with Gasteiger partial charge in [0.05, 0.1) is 11.8 Å². The lowest BCUT2D eigenvalue weighted by Gasteiger charge is -2.16. The fraction of sp³-hybridized carbons (Fsp3) is 0.300. The zero-order chi connectivity index (χ0) is 20.7. The van der Waals surface area contributed by atoms with E-state index in [1.54, 1.807) is 40.7 Å². The van der Waals surface area contributed by atoms with Gasteiger partial charge in [0.25, 0.3) is 0 Å². The van der Waals surface area contributed by atoms with Crippen molar-refractivity contribution in [3.05, 3.63) is 64.2 Å². The molecule has 29 heavy (non-hydrogen) atoms. The van der Waals surface area contributed by atoms with Crippen LogP contribution >= 0.6 is 11.6 Å². The van der Waals surface area contributed by atoms with Crippen LogP contribution in [0.25, 0.3) is 11.3 Å². The summed E-state index contributed by atoms with van der Waals surface area (Å²) < 4.78 is 23.0. The summed E-state index contributed by atoms with van der Waals surface area (Å²) in [6, 6.07) is 3.00. The molecule has 0 spiro atoms. The quantitative estimate of drug-likeness (QED) is 0.481. The highest BCUT2D eigenvalue weighted by molar-refractivity contribution is 6.29. The van der Waals surface area contributed by atoms with E-state index < -0.39 is 5.82 Å². The predicted octanol–water partition coefficient (Wildman–Crippen LogP) is 3.54. The smallest absolute Gasteiger partial charge is 0.173 e. The second kappa shape index (κ2) is 7.53. The zero-order valence-electron chi connectivity index (χ0n) is 16.2. The van der Waals surface area contributed by atoms with Crippen LogP contribution in [0.3, 0.4) is 0 Å². The molecule has 0 bridgehead atoms. The monoisotopic (exact) mass is 415 g/mol. The summed E-state index contributed by atoms with van der Waals surface area (Å²) in [6.07, 6.45) is 4.86. The van der Waals surface area contributed by atoms with E-state index in [9.17, 15) is 9.18 Å². The summed E-state index contributed by atoms with van der Waals surface area (Å²) in [7, 11) is 1.58. The van der Waals surface area contributed by atoms with Gasteiger partial charge in [0, 0.05) is 55.9 Å². The molecule has 0 radical (unpaired) electrons. The van der Waals surface area contributed by atoms with E-state index in [0.717, 1.165) is 5.69 Å². The lowest BCUT2D eigenvalue weighted by atomic mass is 10.0. The summed E-state index contributed by atoms with van der Waals surface area (Å²) in [5.41, 5.74) is 3.61. The van der Waals surface area contributed by atoms with Gasteiger partial charge >= 0.3 is 0 Å². The number of pyridine rings is 1. The van der Waals surface area contributed by atoms with Crippen LogP contribution in [0.4, 0.5) is 4.39 Å². The van der Waals surface area contributed by atoms with E-state index in [-0.39, 0.29) is 30.4 Å². The Kier molecular flexibility index (Phi) is 5.06. The van der Waals surface area contributed by atoms with Crippen LogP contribution < -0.4 is 0 Å². The van der Waals surface area contributed by atoms with Gasteiger partial charge in [0.15, 0.2) is 22.3 Å². The summed E-state index contributed by atoms with van der Waals surface area (Å²) in [5.74, 6) is -0.531. The van der Waals surface area contributed by atoms with Gasteiger partial charge in [0.1, 0.15) is 5.78 Å². The number of ether oxygens (including phenoxy) is 1. The van der Waals surface area contributed by atoms with Crippen LogP contribution in [0, 0.1) is 12.7 Å². The number of ketones is 1. The average molecular weight is 416 g/mol. The van der Waals surface area contributed by atoms with E-state index >= 15 is 0 Å². The van der Waals surface area contributed by atoms with E-state index in [4.69, 9.17) is 16.3 Å². The molecule has 0 saturated heterocycles. The van der Waals surface area contributed by atoms with E-state index in [0.29, 0.717) is 27.6 Å². The second-order valence-electron chi connectivity index (χ2n) is 6.97. The van der Waals surface area contributed by atoms with Gasteiger partial charge in [-0.2, -0.15) is 5.10 Å². The Labute approximate surface area is 171 Å². The van der Waals surface area contributed by atoms with Crippen LogP contribution in [-0.2, 0) is 22.4 Å². The minimum absolute atomic E-state index is 0.0783. The maximum atomic E-state index is 14.3. The Hall–Kier alpha value is -2.84. The summed E-state index contributed by atoms with van der Waals surface area (Å²) in [4.78, 5) is 21.2. The highest BCUT2D eigenvalue weighted by atomic mass is 35.5. The Balaban J connectivity index is 1.65. The summed E-state index contributed by atoms with van der Waals surface area (Å²) in [6.45, 7) is 3.70. The lowest BCUT2D eigenvalue weighted by molar-refractivity contribution is -0.117. The molecule has 7 nitrogen and oxygen atoms in total. The second-order valence-corrected chi connectivity index (χ2v) is 7.35. The molecule has 0 N–H and O–H groups in total. The topological polar surface area (TPSA) is 73.8 Å². The number of carbonyl (C=O) groups is 1. The number of nitrogens with zero attached hydrogens (tertiary/aromatic N) is 5. The van der Waals surface area contributed by atoms with Crippen molar-refractivity contribution in [3.63, 3.8) is 0 Å². The standard InChI is InChI=1S/C20H19ClFN5O2/c1-11-8-24-20-16(22)5-13(10-26(11)20)4-15(28)6-14-9-23-18-7-17(21)25-27(18)19(14)12(2)29-3/h5,7-10,12H,4,6H2,1-3H3/t12-/m0/s1. The number of Topliss-reactive ketones (excluding diaryl/α,β-unsaturated/α-hetero) is 1. The molecule has 9 heteroatoms. The van der Waals surface area contributed by atoms with Crippen molar-refractivity contribution >= 4 is 28.7 Å². The van der Waals surface area contributed by atoms with Gasteiger partial charge in [-0.25, -0.2) is 18.9 Å². The van der Waals surface area contributed by atoms with E-state index in [1.165, 1.54) is 6.07 Å². The van der Waals surface area contributed by atoms with Crippen molar-refractivity contribution in [2.24, 2.45) is 0 Å². The van der Waals surface area contributed by atoms with E-state index in [2.05, 4.69) is 15.1 Å². The molecule has 0 unspecified atom stereocenters. The molecular formula is C20H19ClFN5O2. The molecule has 150 valence electrons. The third kappa shape index (κ3) is 3.61. The average Bonchev–Trinajstić information content (AvgIpc) is 3.23. The molecule has 4 aromatic heterocycles. The first-order chi connectivity index (χ1) is 13.9. The van der Waals surface area contributed by atoms with Crippen molar-refractivity contribution < 1.29 is 13.9 Å². The Morgan fingerprint density at radius 1 is 1.28 bits per heavy atom. The van der Waals surface area contributed by atoms with Crippen molar-refractivity contribution in [1.82, 2.24) is 24.0 Å². The number of aryl methyl sites for hydroxylation is 1. The molecule has 4 heterocycles. The maximum Gasteiger partial charge on any atom is 0.173 e. The van der Waals surface area contributed by atoms with Gasteiger partial charge in [-0.3, -0.25) is 4.79 Å². The highest BCUT2D eigenvalue weighted by Crippen LogP contribution is 2.24. The van der Waals surface area contributed by atoms with Crippen molar-refractivity contribution in [2.75, 3.05) is 7.11 Å². The van der Waals surface area contributed by atoms with Crippen LogP contribution in [0.2, 0.25) is 5.15 Å². The Morgan fingerprint density at radius 2 is 2.07 bits per heavy atom. The maximum absolute atomic E-state index is 14.3. The fourth-order valence-electron chi connectivity index (χ4n) is 3.46. The molecule has 0 amide bonds. The first-order valence-electron chi connectivity index (χ1n) is 9.07. The van der Waals surface area contributed by atoms with Gasteiger partial charge in [-0.15, -0.1) is 0 Å².